The Labute approximate surface area is 117 Å². The molecule has 0 spiro atoms. The lowest BCUT2D eigenvalue weighted by Gasteiger charge is -2.22. The smallest absolute Gasteiger partial charge is 0.151 e. The van der Waals surface area contributed by atoms with Crippen LogP contribution < -0.4 is 0 Å². The van der Waals surface area contributed by atoms with Gasteiger partial charge in [-0.2, -0.15) is 0 Å². The lowest BCUT2D eigenvalue weighted by atomic mass is 10.0. The van der Waals surface area contributed by atoms with Crippen molar-refractivity contribution in [2.45, 2.75) is 52.1 Å². The van der Waals surface area contributed by atoms with Gasteiger partial charge in [0.15, 0.2) is 6.29 Å². The second-order valence-corrected chi connectivity index (χ2v) is 4.17. The number of aliphatic hydroxyl groups excluding tert-OH is 5. The first-order valence-electron chi connectivity index (χ1n) is 5.73. The van der Waals surface area contributed by atoms with Gasteiger partial charge in [-0.15, -0.1) is 0 Å². The summed E-state index contributed by atoms with van der Waals surface area (Å²) >= 11 is 0. The number of aldehydes is 1. The molecule has 4 unspecified atom stereocenters. The van der Waals surface area contributed by atoms with Crippen molar-refractivity contribution in [1.29, 1.82) is 0 Å². The third-order valence-electron chi connectivity index (χ3n) is 1.42. The van der Waals surface area contributed by atoms with E-state index in [1.807, 2.05) is 0 Å². The van der Waals surface area contributed by atoms with Crippen LogP contribution in [0.25, 0.3) is 0 Å². The molecule has 0 saturated carbocycles. The maximum absolute atomic E-state index is 9.90. The predicted molar refractivity (Wildman–Crippen MR) is 69.9 cm³/mol. The Bertz CT molecular complexity index is 259. The highest BCUT2D eigenvalue weighted by Gasteiger charge is 2.29. The van der Waals surface area contributed by atoms with Crippen molar-refractivity contribution < 1.29 is 39.9 Å². The van der Waals surface area contributed by atoms with Gasteiger partial charge in [0.05, 0.1) is 6.61 Å². The minimum Gasteiger partial charge on any atom is -0.394 e. The van der Waals surface area contributed by atoms with Crippen molar-refractivity contribution in [2.75, 3.05) is 6.61 Å². The highest BCUT2D eigenvalue weighted by Crippen LogP contribution is 2.02. The van der Waals surface area contributed by atoms with Crippen LogP contribution in [-0.2, 0) is 14.4 Å². The summed E-state index contributed by atoms with van der Waals surface area (Å²) in [6.07, 6.45) is -6.84. The fourth-order valence-corrected chi connectivity index (χ4v) is 0.618. The molecule has 8 nitrogen and oxygen atoms in total. The van der Waals surface area contributed by atoms with Gasteiger partial charge >= 0.3 is 0 Å². The zero-order valence-electron chi connectivity index (χ0n) is 12.1. The zero-order valence-corrected chi connectivity index (χ0v) is 12.1. The molecular formula is C12H24O8. The molecule has 0 amide bonds. The van der Waals surface area contributed by atoms with Crippen molar-refractivity contribution in [3.05, 3.63) is 0 Å². The first-order chi connectivity index (χ1) is 9.00. The molecule has 20 heavy (non-hydrogen) atoms. The fraction of sp³-hybridized carbons (Fsp3) is 0.750. The Morgan fingerprint density at radius 3 is 1.40 bits per heavy atom. The number of rotatable bonds is 5. The van der Waals surface area contributed by atoms with Gasteiger partial charge in [-0.3, -0.25) is 0 Å². The Morgan fingerprint density at radius 2 is 1.20 bits per heavy atom. The van der Waals surface area contributed by atoms with Crippen LogP contribution in [0.2, 0.25) is 0 Å². The number of aliphatic hydroxyl groups is 5. The van der Waals surface area contributed by atoms with Gasteiger partial charge in [0.1, 0.15) is 36.0 Å². The third-order valence-corrected chi connectivity index (χ3v) is 1.42. The second kappa shape index (κ2) is 14.2. The molecule has 0 bridgehead atoms. The van der Waals surface area contributed by atoms with E-state index in [9.17, 15) is 14.4 Å². The molecule has 0 aromatic carbocycles. The van der Waals surface area contributed by atoms with Crippen LogP contribution in [0.3, 0.4) is 0 Å². The van der Waals surface area contributed by atoms with E-state index >= 15 is 0 Å². The molecule has 0 aliphatic carbocycles. The third kappa shape index (κ3) is 19.2. The SMILES string of the molecule is CC(C)=O.CC(C)=O.O=CC(O)C(O)C(O)C(O)CO. The van der Waals surface area contributed by atoms with Crippen LogP contribution in [0, 0.1) is 0 Å². The molecule has 120 valence electrons. The van der Waals surface area contributed by atoms with E-state index in [2.05, 4.69) is 0 Å². The molecule has 0 aromatic heterocycles. The molecule has 0 rings (SSSR count). The van der Waals surface area contributed by atoms with E-state index in [4.69, 9.17) is 25.5 Å². The van der Waals surface area contributed by atoms with Gasteiger partial charge in [0.2, 0.25) is 0 Å². The van der Waals surface area contributed by atoms with Crippen LogP contribution in [0.4, 0.5) is 0 Å². The standard InChI is InChI=1S/C6H12O6.2C3H6O/c7-1-3(9)5(11)6(12)4(10)2-8;2*1-3(2)4/h1,3-6,8-12H,2H2;2*1-2H3. The van der Waals surface area contributed by atoms with E-state index in [0.717, 1.165) is 0 Å². The van der Waals surface area contributed by atoms with Gasteiger partial charge in [-0.25, -0.2) is 0 Å². The van der Waals surface area contributed by atoms with Crippen LogP contribution in [0.15, 0.2) is 0 Å². The highest BCUT2D eigenvalue weighted by atomic mass is 16.4. The van der Waals surface area contributed by atoms with Gasteiger partial charge in [-0.1, -0.05) is 0 Å². The lowest BCUT2D eigenvalue weighted by Crippen LogP contribution is -2.46. The van der Waals surface area contributed by atoms with Crippen LogP contribution in [0.5, 0.6) is 0 Å². The number of hydrogen-bond acceptors (Lipinski definition) is 8. The molecule has 0 aliphatic rings. The van der Waals surface area contributed by atoms with Crippen molar-refractivity contribution in [1.82, 2.24) is 0 Å². The fourth-order valence-electron chi connectivity index (χ4n) is 0.618. The van der Waals surface area contributed by atoms with E-state index < -0.39 is 31.0 Å². The maximum Gasteiger partial charge on any atom is 0.151 e. The minimum atomic E-state index is -1.79. The van der Waals surface area contributed by atoms with Gasteiger partial charge in [0, 0.05) is 0 Å². The largest absolute Gasteiger partial charge is 0.394 e. The summed E-state index contributed by atoms with van der Waals surface area (Å²) in [4.78, 5) is 28.8. The van der Waals surface area contributed by atoms with Crippen LogP contribution >= 0.6 is 0 Å². The summed E-state index contributed by atoms with van der Waals surface area (Å²) < 4.78 is 0. The summed E-state index contributed by atoms with van der Waals surface area (Å²) in [6.45, 7) is 5.35. The summed E-state index contributed by atoms with van der Waals surface area (Å²) in [7, 11) is 0. The van der Waals surface area contributed by atoms with Crippen LogP contribution in [0.1, 0.15) is 27.7 Å². The van der Waals surface area contributed by atoms with E-state index in [1.54, 1.807) is 0 Å². The second-order valence-electron chi connectivity index (χ2n) is 4.17. The number of Topliss-reactive ketones (excluding diaryl/α,β-unsaturated/α-hetero) is 2. The van der Waals surface area contributed by atoms with E-state index in [-0.39, 0.29) is 17.9 Å². The lowest BCUT2D eigenvalue weighted by molar-refractivity contribution is -0.136. The molecule has 4 atom stereocenters. The Balaban J connectivity index is -0.000000297. The Kier molecular flexibility index (Phi) is 17.0. The number of carbonyl (C=O) groups excluding carboxylic acids is 3. The Morgan fingerprint density at radius 1 is 0.900 bits per heavy atom. The normalized spacial score (nSPS) is 15.2. The molecule has 0 heterocycles. The van der Waals surface area contributed by atoms with Crippen molar-refractivity contribution in [3.63, 3.8) is 0 Å². The number of ketones is 2. The Hall–Kier alpha value is -1.19. The molecule has 8 heteroatoms. The number of hydrogen-bond donors (Lipinski definition) is 5. The molecule has 0 saturated heterocycles. The molecule has 5 N–H and O–H groups in total. The first kappa shape index (κ1) is 23.9. The van der Waals surface area contributed by atoms with E-state index in [1.165, 1.54) is 27.7 Å². The molecule has 0 aromatic rings. The van der Waals surface area contributed by atoms with Crippen LogP contribution in [-0.4, -0.2) is 74.4 Å². The maximum atomic E-state index is 9.90. The molecule has 0 radical (unpaired) electrons. The zero-order chi connectivity index (χ0) is 16.9. The van der Waals surface area contributed by atoms with Gasteiger partial charge < -0.3 is 39.9 Å². The number of carbonyl (C=O) groups is 3. The quantitative estimate of drug-likeness (QED) is 0.359. The summed E-state index contributed by atoms with van der Waals surface area (Å²) in [6, 6.07) is 0. The monoisotopic (exact) mass is 296 g/mol. The highest BCUT2D eigenvalue weighted by molar-refractivity contribution is 5.72. The minimum absolute atomic E-state index is 0.0258. The van der Waals surface area contributed by atoms with Crippen molar-refractivity contribution in [3.8, 4) is 0 Å². The average molecular weight is 296 g/mol. The predicted octanol–water partition coefficient (Wildman–Crippen LogP) is -2.19. The van der Waals surface area contributed by atoms with Crippen molar-refractivity contribution >= 4 is 17.9 Å². The molecular weight excluding hydrogens is 272 g/mol. The topological polar surface area (TPSA) is 152 Å². The summed E-state index contributed by atoms with van der Waals surface area (Å²) in [5.74, 6) is 0.333. The summed E-state index contributed by atoms with van der Waals surface area (Å²) in [5.41, 5.74) is 0. The molecule has 0 aliphatic heterocycles. The summed E-state index contributed by atoms with van der Waals surface area (Å²) in [5, 5.41) is 43.5. The van der Waals surface area contributed by atoms with Gasteiger partial charge in [0.25, 0.3) is 0 Å². The molecule has 0 fully saturated rings. The van der Waals surface area contributed by atoms with Crippen molar-refractivity contribution in [2.24, 2.45) is 0 Å². The average Bonchev–Trinajstić information content (AvgIpc) is 2.33. The van der Waals surface area contributed by atoms with Gasteiger partial charge in [-0.05, 0) is 27.7 Å². The van der Waals surface area contributed by atoms with E-state index in [0.29, 0.717) is 0 Å². The first-order valence-corrected chi connectivity index (χ1v) is 5.73.